The van der Waals surface area contributed by atoms with Crippen LogP contribution in [0.15, 0.2) is 35.6 Å². The molecule has 0 amide bonds. The Labute approximate surface area is 199 Å². The molecule has 0 saturated heterocycles. The number of halogens is 1. The van der Waals surface area contributed by atoms with Crippen molar-refractivity contribution in [3.05, 3.63) is 51.8 Å². The van der Waals surface area contributed by atoms with Gasteiger partial charge in [0.25, 0.3) is 0 Å². The van der Waals surface area contributed by atoms with Gasteiger partial charge in [-0.1, -0.05) is 12.1 Å². The number of rotatable bonds is 12. The minimum Gasteiger partial charge on any atom is -0.491 e. The molecule has 0 atom stereocenters. The van der Waals surface area contributed by atoms with Crippen molar-refractivity contribution in [1.82, 2.24) is 20.4 Å². The number of ether oxygens (including phenoxy) is 2. The largest absolute Gasteiger partial charge is 0.491 e. The maximum Gasteiger partial charge on any atom is 0.306 e. The van der Waals surface area contributed by atoms with Crippen molar-refractivity contribution in [2.24, 2.45) is 4.99 Å². The summed E-state index contributed by atoms with van der Waals surface area (Å²) < 4.78 is 12.7. The Hall–Kier alpha value is -2.41. The van der Waals surface area contributed by atoms with Gasteiger partial charge in [0.05, 0.1) is 24.6 Å². The Morgan fingerprint density at radius 2 is 2.10 bits per heavy atom. The molecule has 0 aliphatic carbocycles. The molecule has 10 nitrogen and oxygen atoms in total. The van der Waals surface area contributed by atoms with Crippen LogP contribution in [0.4, 0.5) is 5.69 Å². The second-order valence-corrected chi connectivity index (χ2v) is 6.50. The Bertz CT molecular complexity index is 843. The highest BCUT2D eigenvalue weighted by Gasteiger charge is 2.09. The SMILES string of the molecule is CCNC(=NCc1ccc(C)cc1OCCOCC)NCCn1cc([N+](=O)[O-])cn1.I. The molecular formula is C20H31IN6O4. The van der Waals surface area contributed by atoms with Crippen molar-refractivity contribution in [3.63, 3.8) is 0 Å². The average Bonchev–Trinajstić information content (AvgIpc) is 3.20. The lowest BCUT2D eigenvalue weighted by molar-refractivity contribution is -0.385. The molecule has 2 aromatic rings. The van der Waals surface area contributed by atoms with Gasteiger partial charge in [0.15, 0.2) is 5.96 Å². The van der Waals surface area contributed by atoms with E-state index < -0.39 is 4.92 Å². The number of guanidine groups is 1. The molecule has 2 N–H and O–H groups in total. The Morgan fingerprint density at radius 3 is 2.77 bits per heavy atom. The molecule has 0 saturated carbocycles. The molecule has 172 valence electrons. The van der Waals surface area contributed by atoms with Crippen LogP contribution in [0.5, 0.6) is 5.75 Å². The van der Waals surface area contributed by atoms with E-state index in [4.69, 9.17) is 9.47 Å². The topological polar surface area (TPSA) is 116 Å². The van der Waals surface area contributed by atoms with E-state index in [2.05, 4.69) is 20.7 Å². The molecule has 11 heteroatoms. The van der Waals surface area contributed by atoms with Gasteiger partial charge in [-0.05, 0) is 32.4 Å². The number of aromatic nitrogens is 2. The fourth-order valence-electron chi connectivity index (χ4n) is 2.65. The van der Waals surface area contributed by atoms with Crippen LogP contribution in [-0.4, -0.2) is 53.6 Å². The second-order valence-electron chi connectivity index (χ2n) is 6.50. The molecule has 0 bridgehead atoms. The van der Waals surface area contributed by atoms with Gasteiger partial charge in [-0.25, -0.2) is 4.99 Å². The number of hydrogen-bond donors (Lipinski definition) is 2. The Balaban J connectivity index is 0.00000480. The van der Waals surface area contributed by atoms with E-state index in [1.54, 1.807) is 0 Å². The van der Waals surface area contributed by atoms with Gasteiger partial charge in [-0.2, -0.15) is 5.10 Å². The first kappa shape index (κ1) is 26.6. The Kier molecular flexibility index (Phi) is 12.5. The Morgan fingerprint density at radius 1 is 1.29 bits per heavy atom. The first-order valence-electron chi connectivity index (χ1n) is 10.0. The zero-order chi connectivity index (χ0) is 21.8. The molecule has 0 fully saturated rings. The number of hydrogen-bond acceptors (Lipinski definition) is 6. The zero-order valence-corrected chi connectivity index (χ0v) is 20.5. The van der Waals surface area contributed by atoms with Crippen molar-refractivity contribution in [1.29, 1.82) is 0 Å². The zero-order valence-electron chi connectivity index (χ0n) is 18.2. The molecule has 2 rings (SSSR count). The lowest BCUT2D eigenvalue weighted by Crippen LogP contribution is -2.38. The van der Waals surface area contributed by atoms with E-state index >= 15 is 0 Å². The van der Waals surface area contributed by atoms with Crippen LogP contribution in [-0.2, 0) is 17.8 Å². The number of nitrogens with zero attached hydrogens (tertiary/aromatic N) is 4. The van der Waals surface area contributed by atoms with Gasteiger partial charge in [0, 0.05) is 25.3 Å². The lowest BCUT2D eigenvalue weighted by atomic mass is 10.1. The van der Waals surface area contributed by atoms with Crippen LogP contribution in [0.25, 0.3) is 0 Å². The summed E-state index contributed by atoms with van der Waals surface area (Å²) in [5.41, 5.74) is 2.08. The molecule has 0 radical (unpaired) electrons. The summed E-state index contributed by atoms with van der Waals surface area (Å²) in [6, 6.07) is 6.05. The number of nitrogens with one attached hydrogen (secondary N) is 2. The minimum absolute atomic E-state index is 0. The normalized spacial score (nSPS) is 11.0. The van der Waals surface area contributed by atoms with Gasteiger partial charge >= 0.3 is 5.69 Å². The first-order chi connectivity index (χ1) is 14.5. The fourth-order valence-corrected chi connectivity index (χ4v) is 2.65. The van der Waals surface area contributed by atoms with E-state index in [9.17, 15) is 10.1 Å². The average molecular weight is 546 g/mol. The summed E-state index contributed by atoms with van der Waals surface area (Å²) >= 11 is 0. The predicted molar refractivity (Wildman–Crippen MR) is 130 cm³/mol. The minimum atomic E-state index is -0.460. The first-order valence-corrected chi connectivity index (χ1v) is 10.0. The van der Waals surface area contributed by atoms with Gasteiger partial charge in [0.1, 0.15) is 24.8 Å². The predicted octanol–water partition coefficient (Wildman–Crippen LogP) is 2.89. The van der Waals surface area contributed by atoms with Crippen molar-refractivity contribution in [3.8, 4) is 5.75 Å². The summed E-state index contributed by atoms with van der Waals surface area (Å²) in [4.78, 5) is 14.9. The molecule has 1 aromatic heterocycles. The van der Waals surface area contributed by atoms with E-state index in [1.807, 2.05) is 39.0 Å². The van der Waals surface area contributed by atoms with Crippen molar-refractivity contribution >= 4 is 35.6 Å². The number of nitro groups is 1. The van der Waals surface area contributed by atoms with E-state index in [0.29, 0.717) is 52.0 Å². The van der Waals surface area contributed by atoms with Gasteiger partial charge in [-0.15, -0.1) is 24.0 Å². The molecule has 0 spiro atoms. The molecule has 0 aliphatic heterocycles. The summed E-state index contributed by atoms with van der Waals surface area (Å²) in [6.45, 7) is 9.83. The molecular weight excluding hydrogens is 515 g/mol. The van der Waals surface area contributed by atoms with Crippen LogP contribution >= 0.6 is 24.0 Å². The number of aryl methyl sites for hydroxylation is 1. The highest BCUT2D eigenvalue weighted by Crippen LogP contribution is 2.21. The van der Waals surface area contributed by atoms with Crippen LogP contribution in [0.1, 0.15) is 25.0 Å². The lowest BCUT2D eigenvalue weighted by Gasteiger charge is -2.14. The van der Waals surface area contributed by atoms with Crippen molar-refractivity contribution in [2.45, 2.75) is 33.9 Å². The summed E-state index contributed by atoms with van der Waals surface area (Å²) in [5, 5.41) is 21.1. The maximum absolute atomic E-state index is 10.7. The highest BCUT2D eigenvalue weighted by atomic mass is 127. The molecule has 0 aliphatic rings. The van der Waals surface area contributed by atoms with Crippen molar-refractivity contribution < 1.29 is 14.4 Å². The quantitative estimate of drug-likeness (QED) is 0.105. The summed E-state index contributed by atoms with van der Waals surface area (Å²) in [5.74, 6) is 1.46. The monoisotopic (exact) mass is 546 g/mol. The van der Waals surface area contributed by atoms with Crippen LogP contribution in [0.2, 0.25) is 0 Å². The van der Waals surface area contributed by atoms with E-state index in [-0.39, 0.29) is 29.7 Å². The van der Waals surface area contributed by atoms with Crippen LogP contribution < -0.4 is 15.4 Å². The smallest absolute Gasteiger partial charge is 0.306 e. The van der Waals surface area contributed by atoms with E-state index in [1.165, 1.54) is 17.1 Å². The third-order valence-corrected chi connectivity index (χ3v) is 4.13. The number of benzene rings is 1. The highest BCUT2D eigenvalue weighted by molar-refractivity contribution is 14.0. The van der Waals surface area contributed by atoms with Gasteiger partial charge in [0.2, 0.25) is 0 Å². The molecule has 1 aromatic carbocycles. The fraction of sp³-hybridized carbons (Fsp3) is 0.500. The van der Waals surface area contributed by atoms with Crippen molar-refractivity contribution in [2.75, 3.05) is 32.9 Å². The summed E-state index contributed by atoms with van der Waals surface area (Å²) in [6.07, 6.45) is 2.65. The van der Waals surface area contributed by atoms with Crippen LogP contribution in [0, 0.1) is 17.0 Å². The van der Waals surface area contributed by atoms with Crippen LogP contribution in [0.3, 0.4) is 0 Å². The van der Waals surface area contributed by atoms with E-state index in [0.717, 1.165) is 16.9 Å². The van der Waals surface area contributed by atoms with Gasteiger partial charge in [-0.3, -0.25) is 14.8 Å². The standard InChI is InChI=1S/C20H30N6O4.HI/c1-4-21-20(22-8-9-25-15-18(14-24-25)26(27)28)23-13-17-7-6-16(3)12-19(17)30-11-10-29-5-2;/h6-7,12,14-15H,4-5,8-11,13H2,1-3H3,(H2,21,22,23);1H. The third-order valence-electron chi connectivity index (χ3n) is 4.13. The second kappa shape index (κ2) is 14.6. The third kappa shape index (κ3) is 9.51. The molecule has 31 heavy (non-hydrogen) atoms. The van der Waals surface area contributed by atoms with Gasteiger partial charge < -0.3 is 20.1 Å². The number of aliphatic imine (C=N–C) groups is 1. The maximum atomic E-state index is 10.7. The molecule has 1 heterocycles. The summed E-state index contributed by atoms with van der Waals surface area (Å²) in [7, 11) is 0. The molecule has 0 unspecified atom stereocenters.